The predicted octanol–water partition coefficient (Wildman–Crippen LogP) is 1.75. The summed E-state index contributed by atoms with van der Waals surface area (Å²) in [4.78, 5) is 23.7. The van der Waals surface area contributed by atoms with Crippen molar-refractivity contribution in [3.8, 4) is 0 Å². The molecular formula is C17H22F3N5O2. The minimum Gasteiger partial charge on any atom is -0.381 e. The Morgan fingerprint density at radius 1 is 1.15 bits per heavy atom. The molecule has 0 radical (unpaired) electrons. The van der Waals surface area contributed by atoms with Crippen LogP contribution in [0, 0.1) is 11.8 Å². The third-order valence-corrected chi connectivity index (χ3v) is 5.54. The van der Waals surface area contributed by atoms with E-state index in [9.17, 15) is 18.0 Å². The van der Waals surface area contributed by atoms with E-state index in [0.717, 1.165) is 25.1 Å². The van der Waals surface area contributed by atoms with Gasteiger partial charge in [0.15, 0.2) is 0 Å². The van der Waals surface area contributed by atoms with Gasteiger partial charge in [-0.1, -0.05) is 0 Å². The minimum atomic E-state index is -4.48. The van der Waals surface area contributed by atoms with Crippen molar-refractivity contribution in [2.24, 2.45) is 11.8 Å². The second-order valence-corrected chi connectivity index (χ2v) is 7.41. The molecule has 0 bridgehead atoms. The van der Waals surface area contributed by atoms with Crippen molar-refractivity contribution in [3.63, 3.8) is 0 Å². The van der Waals surface area contributed by atoms with Crippen LogP contribution in [-0.2, 0) is 10.9 Å². The number of anilines is 1. The topological polar surface area (TPSA) is 70.6 Å². The molecule has 10 heteroatoms. The molecule has 1 N–H and O–H groups in total. The van der Waals surface area contributed by atoms with Crippen molar-refractivity contribution in [2.75, 3.05) is 44.3 Å². The Labute approximate surface area is 154 Å². The number of fused-ring (bicyclic) bond motifs is 1. The van der Waals surface area contributed by atoms with E-state index in [4.69, 9.17) is 4.74 Å². The third-order valence-electron chi connectivity index (χ3n) is 5.54. The van der Waals surface area contributed by atoms with Gasteiger partial charge in [0.25, 0.3) is 0 Å². The second-order valence-electron chi connectivity index (χ2n) is 7.41. The molecule has 2 unspecified atom stereocenters. The number of aromatic nitrogens is 2. The maximum atomic E-state index is 12.9. The molecule has 2 amide bonds. The van der Waals surface area contributed by atoms with Gasteiger partial charge in [-0.25, -0.2) is 14.8 Å². The van der Waals surface area contributed by atoms with E-state index in [1.807, 2.05) is 4.90 Å². The van der Waals surface area contributed by atoms with E-state index >= 15 is 0 Å². The summed E-state index contributed by atoms with van der Waals surface area (Å²) in [6, 6.07) is 0.975. The van der Waals surface area contributed by atoms with Gasteiger partial charge in [-0.3, -0.25) is 0 Å². The molecule has 1 aromatic heterocycles. The first-order chi connectivity index (χ1) is 12.9. The zero-order valence-corrected chi connectivity index (χ0v) is 14.8. The van der Waals surface area contributed by atoms with Gasteiger partial charge in [-0.05, 0) is 18.9 Å². The highest BCUT2D eigenvalue weighted by Gasteiger charge is 2.43. The number of amides is 2. The van der Waals surface area contributed by atoms with Crippen molar-refractivity contribution in [1.82, 2.24) is 20.2 Å². The molecule has 2 atom stereocenters. The molecule has 4 rings (SSSR count). The Morgan fingerprint density at radius 3 is 2.44 bits per heavy atom. The van der Waals surface area contributed by atoms with E-state index < -0.39 is 11.9 Å². The van der Waals surface area contributed by atoms with E-state index in [2.05, 4.69) is 15.3 Å². The number of nitrogens with one attached hydrogen (secondary N) is 1. The molecule has 7 nitrogen and oxygen atoms in total. The maximum Gasteiger partial charge on any atom is 0.433 e. The van der Waals surface area contributed by atoms with Gasteiger partial charge in [0.05, 0.1) is 0 Å². The fourth-order valence-electron chi connectivity index (χ4n) is 4.09. The number of carbonyl (C=O) groups excluding carboxylic acids is 1. The van der Waals surface area contributed by atoms with E-state index in [1.165, 1.54) is 0 Å². The number of urea groups is 1. The van der Waals surface area contributed by atoms with Crippen molar-refractivity contribution in [1.29, 1.82) is 0 Å². The molecule has 4 heterocycles. The standard InChI is InChI=1S/C17H22F3N5O2/c18-17(19,20)14-1-4-21-15(23-14)24-7-11-9-25(10-12(11)8-24)16(26)22-13-2-5-27-6-3-13/h1,4,11-13H,2-3,5-10H2,(H,22,26). The lowest BCUT2D eigenvalue weighted by Gasteiger charge is -2.27. The predicted molar refractivity (Wildman–Crippen MR) is 90.2 cm³/mol. The van der Waals surface area contributed by atoms with Crippen molar-refractivity contribution < 1.29 is 22.7 Å². The molecular weight excluding hydrogens is 363 g/mol. The van der Waals surface area contributed by atoms with Crippen LogP contribution in [0.4, 0.5) is 23.9 Å². The van der Waals surface area contributed by atoms with Crippen molar-refractivity contribution in [3.05, 3.63) is 18.0 Å². The molecule has 3 aliphatic rings. The molecule has 3 fully saturated rings. The molecule has 1 aromatic rings. The highest BCUT2D eigenvalue weighted by atomic mass is 19.4. The van der Waals surface area contributed by atoms with Gasteiger partial charge in [0.1, 0.15) is 5.69 Å². The lowest BCUT2D eigenvalue weighted by Crippen LogP contribution is -2.46. The third kappa shape index (κ3) is 3.95. The summed E-state index contributed by atoms with van der Waals surface area (Å²) >= 11 is 0. The first-order valence-corrected chi connectivity index (χ1v) is 9.18. The van der Waals surface area contributed by atoms with Crippen molar-refractivity contribution in [2.45, 2.75) is 25.1 Å². The zero-order chi connectivity index (χ0) is 19.0. The van der Waals surface area contributed by atoms with E-state index in [1.54, 1.807) is 4.90 Å². The first-order valence-electron chi connectivity index (χ1n) is 9.18. The second kappa shape index (κ2) is 7.14. The van der Waals surface area contributed by atoms with Gasteiger partial charge in [-0.15, -0.1) is 0 Å². The Bertz CT molecular complexity index is 681. The van der Waals surface area contributed by atoms with E-state index in [0.29, 0.717) is 39.4 Å². The van der Waals surface area contributed by atoms with Gasteiger partial charge in [0.2, 0.25) is 5.95 Å². The number of likely N-dealkylation sites (tertiary alicyclic amines) is 1. The van der Waals surface area contributed by atoms with Crippen LogP contribution >= 0.6 is 0 Å². The molecule has 148 valence electrons. The van der Waals surface area contributed by atoms with Crippen LogP contribution in [-0.4, -0.2) is 66.3 Å². The quantitative estimate of drug-likeness (QED) is 0.840. The summed E-state index contributed by atoms with van der Waals surface area (Å²) in [6.07, 6.45) is -1.68. The normalized spacial score (nSPS) is 26.3. The van der Waals surface area contributed by atoms with Gasteiger partial charge < -0.3 is 19.9 Å². The molecule has 27 heavy (non-hydrogen) atoms. The smallest absolute Gasteiger partial charge is 0.381 e. The summed E-state index contributed by atoms with van der Waals surface area (Å²) < 4.78 is 43.8. The Hall–Kier alpha value is -2.10. The lowest BCUT2D eigenvalue weighted by molar-refractivity contribution is -0.141. The van der Waals surface area contributed by atoms with Crippen LogP contribution in [0.2, 0.25) is 0 Å². The Morgan fingerprint density at radius 2 is 1.81 bits per heavy atom. The maximum absolute atomic E-state index is 12.9. The number of halogens is 3. The highest BCUT2D eigenvalue weighted by Crippen LogP contribution is 2.34. The van der Waals surface area contributed by atoms with Crippen LogP contribution in [0.15, 0.2) is 12.3 Å². The number of hydrogen-bond acceptors (Lipinski definition) is 5. The van der Waals surface area contributed by atoms with Crippen LogP contribution in [0.5, 0.6) is 0 Å². The number of nitrogens with zero attached hydrogens (tertiary/aromatic N) is 4. The SMILES string of the molecule is O=C(NC1CCOCC1)N1CC2CN(c3nccc(C(F)(F)F)n3)CC2C1. The minimum absolute atomic E-state index is 0.0573. The number of rotatable bonds is 2. The molecule has 0 saturated carbocycles. The number of alkyl halides is 3. The monoisotopic (exact) mass is 385 g/mol. The van der Waals surface area contributed by atoms with Crippen LogP contribution in [0.3, 0.4) is 0 Å². The average Bonchev–Trinajstić information content (AvgIpc) is 3.21. The molecule has 0 spiro atoms. The molecule has 3 aliphatic heterocycles. The Kier molecular flexibility index (Phi) is 4.83. The number of carbonyl (C=O) groups is 1. The number of ether oxygens (including phenoxy) is 1. The fourth-order valence-corrected chi connectivity index (χ4v) is 4.09. The first kappa shape index (κ1) is 18.3. The summed E-state index contributed by atoms with van der Waals surface area (Å²) in [5.41, 5.74) is -0.929. The highest BCUT2D eigenvalue weighted by molar-refractivity contribution is 5.75. The summed E-state index contributed by atoms with van der Waals surface area (Å²) in [5, 5.41) is 3.06. The zero-order valence-electron chi connectivity index (χ0n) is 14.8. The molecule has 0 aliphatic carbocycles. The number of hydrogen-bond donors (Lipinski definition) is 1. The van der Waals surface area contributed by atoms with Gasteiger partial charge in [-0.2, -0.15) is 13.2 Å². The van der Waals surface area contributed by atoms with Crippen LogP contribution < -0.4 is 10.2 Å². The summed E-state index contributed by atoms with van der Waals surface area (Å²) in [6.45, 7) is 3.68. The summed E-state index contributed by atoms with van der Waals surface area (Å²) in [5.74, 6) is 0.560. The lowest BCUT2D eigenvalue weighted by atomic mass is 10.0. The van der Waals surface area contributed by atoms with Crippen molar-refractivity contribution >= 4 is 12.0 Å². The van der Waals surface area contributed by atoms with Gasteiger partial charge >= 0.3 is 12.2 Å². The van der Waals surface area contributed by atoms with Crippen LogP contribution in [0.25, 0.3) is 0 Å². The Balaban J connectivity index is 1.34. The largest absolute Gasteiger partial charge is 0.433 e. The average molecular weight is 385 g/mol. The van der Waals surface area contributed by atoms with Crippen LogP contribution in [0.1, 0.15) is 18.5 Å². The molecule has 0 aromatic carbocycles. The van der Waals surface area contributed by atoms with Gasteiger partial charge in [0, 0.05) is 63.5 Å². The molecule has 3 saturated heterocycles. The summed E-state index contributed by atoms with van der Waals surface area (Å²) in [7, 11) is 0. The van der Waals surface area contributed by atoms with E-state index in [-0.39, 0.29) is 29.9 Å². The fraction of sp³-hybridized carbons (Fsp3) is 0.706.